The molecule has 2 N–H and O–H groups in total. The van der Waals surface area contributed by atoms with Gasteiger partial charge in [0.05, 0.1) is 24.1 Å². The number of piperazine rings is 1. The van der Waals surface area contributed by atoms with Crippen LogP contribution in [-0.2, 0) is 0 Å². The van der Waals surface area contributed by atoms with Crippen molar-refractivity contribution in [3.63, 3.8) is 0 Å². The zero-order valence-corrected chi connectivity index (χ0v) is 17.9. The molecule has 8 nitrogen and oxygen atoms in total. The van der Waals surface area contributed by atoms with Crippen molar-refractivity contribution >= 4 is 17.5 Å². The molecule has 0 unspecified atom stereocenters. The summed E-state index contributed by atoms with van der Waals surface area (Å²) in [5.74, 6) is 0.00294. The Bertz CT molecular complexity index is 1150. The SMILES string of the molecule is N#Cc1cc(NC(=O)Oc2ccn(-c3ccc(F)cc3)c2)ccc1N1CCN(CCO)CC1. The van der Waals surface area contributed by atoms with E-state index in [9.17, 15) is 14.4 Å². The predicted molar refractivity (Wildman–Crippen MR) is 122 cm³/mol. The highest BCUT2D eigenvalue weighted by molar-refractivity contribution is 5.87. The lowest BCUT2D eigenvalue weighted by atomic mass is 10.1. The van der Waals surface area contributed by atoms with E-state index in [1.54, 1.807) is 47.3 Å². The minimum absolute atomic E-state index is 0.136. The van der Waals surface area contributed by atoms with Gasteiger partial charge in [-0.25, -0.2) is 9.18 Å². The van der Waals surface area contributed by atoms with E-state index in [1.807, 2.05) is 6.07 Å². The van der Waals surface area contributed by atoms with Crippen LogP contribution in [0.15, 0.2) is 60.9 Å². The number of ether oxygens (including phenoxy) is 1. The summed E-state index contributed by atoms with van der Waals surface area (Å²) in [5.41, 5.74) is 2.47. The van der Waals surface area contributed by atoms with Gasteiger partial charge in [0.15, 0.2) is 5.75 Å². The molecule has 1 fully saturated rings. The van der Waals surface area contributed by atoms with Crippen molar-refractivity contribution in [3.8, 4) is 17.5 Å². The number of nitriles is 1. The molecule has 0 aliphatic carbocycles. The van der Waals surface area contributed by atoms with E-state index in [2.05, 4.69) is 21.2 Å². The highest BCUT2D eigenvalue weighted by atomic mass is 19.1. The van der Waals surface area contributed by atoms with Crippen LogP contribution < -0.4 is 15.0 Å². The third-order valence-corrected chi connectivity index (χ3v) is 5.49. The number of rotatable bonds is 6. The zero-order chi connectivity index (χ0) is 23.2. The van der Waals surface area contributed by atoms with E-state index in [0.29, 0.717) is 23.5 Å². The highest BCUT2D eigenvalue weighted by Crippen LogP contribution is 2.25. The monoisotopic (exact) mass is 449 g/mol. The smallest absolute Gasteiger partial charge is 0.408 e. The van der Waals surface area contributed by atoms with Crippen molar-refractivity contribution < 1.29 is 19.0 Å². The summed E-state index contributed by atoms with van der Waals surface area (Å²) in [4.78, 5) is 16.7. The molecule has 3 aromatic rings. The molecule has 1 saturated heterocycles. The van der Waals surface area contributed by atoms with Gasteiger partial charge in [0.25, 0.3) is 0 Å². The van der Waals surface area contributed by atoms with Crippen molar-refractivity contribution in [2.24, 2.45) is 0 Å². The molecule has 1 aliphatic heterocycles. The van der Waals surface area contributed by atoms with E-state index in [4.69, 9.17) is 9.84 Å². The van der Waals surface area contributed by atoms with Gasteiger partial charge in [-0.3, -0.25) is 10.2 Å². The molecule has 0 bridgehead atoms. The lowest BCUT2D eigenvalue weighted by Gasteiger charge is -2.36. The Hall–Kier alpha value is -3.87. The number of β-amino-alcohol motifs (C(OH)–C–C–N with tert-alkyl or cyclic N) is 1. The van der Waals surface area contributed by atoms with Crippen molar-refractivity contribution in [3.05, 3.63) is 72.3 Å². The number of hydrogen-bond donors (Lipinski definition) is 2. The molecule has 4 rings (SSSR count). The lowest BCUT2D eigenvalue weighted by molar-refractivity contribution is 0.189. The summed E-state index contributed by atoms with van der Waals surface area (Å²) in [7, 11) is 0. The van der Waals surface area contributed by atoms with Crippen LogP contribution in [0.2, 0.25) is 0 Å². The number of nitrogens with one attached hydrogen (secondary N) is 1. The number of anilines is 2. The number of aliphatic hydroxyl groups excluding tert-OH is 1. The standard InChI is InChI=1S/C24H24FN5O3/c25-19-1-4-21(5-2-19)30-8-7-22(17-30)33-24(32)27-20-3-6-23(18(15-20)16-26)29-11-9-28(10-12-29)13-14-31/h1-8,15,17,31H,9-14H2,(H,27,32). The number of aliphatic hydroxyl groups is 1. The summed E-state index contributed by atoms with van der Waals surface area (Å²) in [6, 6.07) is 15.0. The van der Waals surface area contributed by atoms with Gasteiger partial charge in [0, 0.05) is 50.3 Å². The summed E-state index contributed by atoms with van der Waals surface area (Å²) < 4.78 is 20.1. The summed E-state index contributed by atoms with van der Waals surface area (Å²) in [5, 5.41) is 21.4. The molecule has 0 saturated carbocycles. The Morgan fingerprint density at radius 2 is 1.88 bits per heavy atom. The van der Waals surface area contributed by atoms with Gasteiger partial charge in [-0.2, -0.15) is 5.26 Å². The first-order valence-electron chi connectivity index (χ1n) is 10.6. The maximum atomic E-state index is 13.1. The van der Waals surface area contributed by atoms with Crippen molar-refractivity contribution in [1.29, 1.82) is 5.26 Å². The van der Waals surface area contributed by atoms with Gasteiger partial charge in [-0.15, -0.1) is 0 Å². The number of carbonyl (C=O) groups excluding carboxylic acids is 1. The number of benzene rings is 2. The van der Waals surface area contributed by atoms with Gasteiger partial charge in [-0.05, 0) is 48.5 Å². The summed E-state index contributed by atoms with van der Waals surface area (Å²) in [6.45, 7) is 3.93. The Kier molecular flexibility index (Phi) is 6.88. The number of nitrogens with zero attached hydrogens (tertiary/aromatic N) is 4. The van der Waals surface area contributed by atoms with Crippen LogP contribution in [0.1, 0.15) is 5.56 Å². The number of carbonyl (C=O) groups is 1. The van der Waals surface area contributed by atoms with Crippen molar-refractivity contribution in [1.82, 2.24) is 9.47 Å². The lowest BCUT2D eigenvalue weighted by Crippen LogP contribution is -2.47. The number of halogens is 1. The van der Waals surface area contributed by atoms with Crippen LogP contribution in [-0.4, -0.2) is 60.0 Å². The second kappa shape index (κ2) is 10.2. The Morgan fingerprint density at radius 3 is 2.58 bits per heavy atom. The first kappa shape index (κ1) is 22.3. The first-order valence-corrected chi connectivity index (χ1v) is 10.6. The minimum atomic E-state index is -0.680. The maximum absolute atomic E-state index is 13.1. The molecule has 1 amide bonds. The molecule has 2 aromatic carbocycles. The fourth-order valence-corrected chi connectivity index (χ4v) is 3.79. The van der Waals surface area contributed by atoms with Crippen LogP contribution in [0.4, 0.5) is 20.6 Å². The molecular weight excluding hydrogens is 425 g/mol. The Morgan fingerprint density at radius 1 is 1.12 bits per heavy atom. The van der Waals surface area contributed by atoms with Gasteiger partial charge < -0.3 is 19.3 Å². The molecular formula is C24H24FN5O3. The third-order valence-electron chi connectivity index (χ3n) is 5.49. The maximum Gasteiger partial charge on any atom is 0.417 e. The summed E-state index contributed by atoms with van der Waals surface area (Å²) >= 11 is 0. The molecule has 1 aliphatic rings. The zero-order valence-electron chi connectivity index (χ0n) is 17.9. The van der Waals surface area contributed by atoms with E-state index >= 15 is 0 Å². The topological polar surface area (TPSA) is 93.8 Å². The fourth-order valence-electron chi connectivity index (χ4n) is 3.79. The second-order valence-corrected chi connectivity index (χ2v) is 7.64. The van der Waals surface area contributed by atoms with Gasteiger partial charge in [0.1, 0.15) is 11.9 Å². The molecule has 0 spiro atoms. The number of aromatic nitrogens is 1. The predicted octanol–water partition coefficient (Wildman–Crippen LogP) is 3.21. The largest absolute Gasteiger partial charge is 0.417 e. The fraction of sp³-hybridized carbons (Fsp3) is 0.250. The van der Waals surface area contributed by atoms with Gasteiger partial charge >= 0.3 is 6.09 Å². The van der Waals surface area contributed by atoms with Crippen LogP contribution in [0.5, 0.6) is 5.75 Å². The van der Waals surface area contributed by atoms with E-state index < -0.39 is 6.09 Å². The summed E-state index contributed by atoms with van der Waals surface area (Å²) in [6.07, 6.45) is 2.65. The first-order chi connectivity index (χ1) is 16.1. The van der Waals surface area contributed by atoms with Crippen LogP contribution in [0.25, 0.3) is 5.69 Å². The van der Waals surface area contributed by atoms with E-state index in [0.717, 1.165) is 37.6 Å². The molecule has 33 heavy (non-hydrogen) atoms. The molecule has 2 heterocycles. The Labute approximate surface area is 191 Å². The van der Waals surface area contributed by atoms with Crippen molar-refractivity contribution in [2.75, 3.05) is 49.5 Å². The average Bonchev–Trinajstić information content (AvgIpc) is 3.28. The van der Waals surface area contributed by atoms with Gasteiger partial charge in [0.2, 0.25) is 0 Å². The van der Waals surface area contributed by atoms with Crippen molar-refractivity contribution in [2.45, 2.75) is 0 Å². The van der Waals surface area contributed by atoms with Crippen LogP contribution >= 0.6 is 0 Å². The van der Waals surface area contributed by atoms with E-state index in [1.165, 1.54) is 12.1 Å². The van der Waals surface area contributed by atoms with Gasteiger partial charge in [-0.1, -0.05) is 0 Å². The minimum Gasteiger partial charge on any atom is -0.408 e. The van der Waals surface area contributed by atoms with Crippen LogP contribution in [0, 0.1) is 17.1 Å². The third kappa shape index (κ3) is 5.49. The molecule has 9 heteroatoms. The van der Waals surface area contributed by atoms with Crippen LogP contribution in [0.3, 0.4) is 0 Å². The Balaban J connectivity index is 1.38. The normalized spacial score (nSPS) is 14.0. The molecule has 0 atom stereocenters. The highest BCUT2D eigenvalue weighted by Gasteiger charge is 2.19. The molecule has 1 aromatic heterocycles. The average molecular weight is 449 g/mol. The van der Waals surface area contributed by atoms with E-state index in [-0.39, 0.29) is 12.4 Å². The number of hydrogen-bond acceptors (Lipinski definition) is 6. The quantitative estimate of drug-likeness (QED) is 0.600. The molecule has 170 valence electrons. The second-order valence-electron chi connectivity index (χ2n) is 7.64. The number of amides is 1. The molecule has 0 radical (unpaired) electrons.